The van der Waals surface area contributed by atoms with Gasteiger partial charge in [-0.15, -0.1) is 0 Å². The summed E-state index contributed by atoms with van der Waals surface area (Å²) in [6, 6.07) is 7.00. The molecule has 1 aliphatic heterocycles. The monoisotopic (exact) mass is 293 g/mol. The summed E-state index contributed by atoms with van der Waals surface area (Å²) >= 11 is 5.99. The Labute approximate surface area is 123 Å². The van der Waals surface area contributed by atoms with Crippen molar-refractivity contribution in [3.05, 3.63) is 34.9 Å². The van der Waals surface area contributed by atoms with E-state index < -0.39 is 5.91 Å². The molecule has 0 N–H and O–H groups in total. The van der Waals surface area contributed by atoms with Crippen LogP contribution < -0.4 is 4.74 Å². The molecule has 1 aromatic rings. The van der Waals surface area contributed by atoms with E-state index >= 15 is 0 Å². The maximum absolute atomic E-state index is 12.2. The topological polar surface area (TPSA) is 46.6 Å². The molecule has 0 saturated carbocycles. The summed E-state index contributed by atoms with van der Waals surface area (Å²) in [5.41, 5.74) is 0.884. The highest BCUT2D eigenvalue weighted by Crippen LogP contribution is 2.32. The van der Waals surface area contributed by atoms with Crippen LogP contribution in [-0.2, 0) is 9.59 Å². The molecule has 1 aromatic carbocycles. The molecule has 1 aliphatic rings. The van der Waals surface area contributed by atoms with E-state index in [1.54, 1.807) is 31.2 Å². The number of rotatable bonds is 4. The number of hydrogen-bond donors (Lipinski definition) is 0. The quantitative estimate of drug-likeness (QED) is 0.802. The lowest BCUT2D eigenvalue weighted by Gasteiger charge is -2.12. The molecule has 2 rings (SSSR count). The number of carbonyl (C=O) groups excluding carboxylic acids is 2. The zero-order valence-electron chi connectivity index (χ0n) is 11.6. The molecule has 106 valence electrons. The molecule has 0 atom stereocenters. The Morgan fingerprint density at radius 2 is 1.75 bits per heavy atom. The third-order valence-electron chi connectivity index (χ3n) is 2.94. The maximum Gasteiger partial charge on any atom is 0.273 e. The van der Waals surface area contributed by atoms with Crippen molar-refractivity contribution in [3.8, 4) is 5.75 Å². The average molecular weight is 294 g/mol. The van der Waals surface area contributed by atoms with E-state index in [9.17, 15) is 9.59 Å². The molecule has 0 aromatic heterocycles. The highest BCUT2D eigenvalue weighted by molar-refractivity contribution is 6.55. The van der Waals surface area contributed by atoms with Crippen LogP contribution in [0.3, 0.4) is 0 Å². The third kappa shape index (κ3) is 2.56. The van der Waals surface area contributed by atoms with E-state index in [-0.39, 0.29) is 22.6 Å². The summed E-state index contributed by atoms with van der Waals surface area (Å²) in [6.45, 7) is 5.92. The number of halogens is 1. The minimum absolute atomic E-state index is 0.0191. The van der Waals surface area contributed by atoms with E-state index in [1.165, 1.54) is 0 Å². The molecular weight excluding hydrogens is 278 g/mol. The van der Waals surface area contributed by atoms with Gasteiger partial charge >= 0.3 is 0 Å². The summed E-state index contributed by atoms with van der Waals surface area (Å²) in [5.74, 6) is -0.0682. The molecule has 2 amide bonds. The number of likely N-dealkylation sites (N-methyl/N-ethyl adjacent to an activating group) is 1. The zero-order chi connectivity index (χ0) is 14.9. The van der Waals surface area contributed by atoms with Crippen LogP contribution in [0.5, 0.6) is 5.75 Å². The Morgan fingerprint density at radius 1 is 1.15 bits per heavy atom. The summed E-state index contributed by atoms with van der Waals surface area (Å²) in [4.78, 5) is 25.1. The van der Waals surface area contributed by atoms with Crippen molar-refractivity contribution in [1.29, 1.82) is 0 Å². The van der Waals surface area contributed by atoms with E-state index in [0.29, 0.717) is 17.9 Å². The fraction of sp³-hybridized carbons (Fsp3) is 0.333. The summed E-state index contributed by atoms with van der Waals surface area (Å²) in [6.07, 6.45) is 0.0777. The van der Waals surface area contributed by atoms with Gasteiger partial charge in [0.25, 0.3) is 11.8 Å². The van der Waals surface area contributed by atoms with E-state index in [0.717, 1.165) is 4.90 Å². The second-order valence-electron chi connectivity index (χ2n) is 4.73. The summed E-state index contributed by atoms with van der Waals surface area (Å²) < 4.78 is 5.54. The van der Waals surface area contributed by atoms with Crippen molar-refractivity contribution in [2.45, 2.75) is 26.9 Å². The van der Waals surface area contributed by atoms with Gasteiger partial charge in [0.1, 0.15) is 10.8 Å². The highest BCUT2D eigenvalue weighted by atomic mass is 35.5. The first-order valence-electron chi connectivity index (χ1n) is 6.48. The molecule has 0 spiro atoms. The van der Waals surface area contributed by atoms with Gasteiger partial charge in [0, 0.05) is 6.54 Å². The van der Waals surface area contributed by atoms with Gasteiger partial charge in [-0.25, -0.2) is 0 Å². The predicted octanol–water partition coefficient (Wildman–Crippen LogP) is 2.81. The standard InChI is InChI=1S/C15H16ClNO3/c1-4-17-14(18)12(13(16)15(17)19)10-5-7-11(8-6-10)20-9(2)3/h5-9H,4H2,1-3H3. The normalized spacial score (nSPS) is 15.6. The predicted molar refractivity (Wildman–Crippen MR) is 77.4 cm³/mol. The number of carbonyl (C=O) groups is 2. The van der Waals surface area contributed by atoms with Crippen molar-refractivity contribution in [2.24, 2.45) is 0 Å². The Balaban J connectivity index is 2.32. The van der Waals surface area contributed by atoms with Crippen LogP contribution >= 0.6 is 11.6 Å². The number of nitrogens with zero attached hydrogens (tertiary/aromatic N) is 1. The molecule has 0 unspecified atom stereocenters. The largest absolute Gasteiger partial charge is 0.491 e. The molecule has 0 fully saturated rings. The van der Waals surface area contributed by atoms with E-state index in [1.807, 2.05) is 13.8 Å². The van der Waals surface area contributed by atoms with Gasteiger partial charge in [0.2, 0.25) is 0 Å². The molecule has 1 heterocycles. The number of imide groups is 1. The molecule has 5 heteroatoms. The van der Waals surface area contributed by atoms with Gasteiger partial charge in [-0.1, -0.05) is 23.7 Å². The minimum Gasteiger partial charge on any atom is -0.491 e. The van der Waals surface area contributed by atoms with Gasteiger partial charge in [-0.3, -0.25) is 14.5 Å². The number of benzene rings is 1. The first-order valence-corrected chi connectivity index (χ1v) is 6.86. The lowest BCUT2D eigenvalue weighted by Crippen LogP contribution is -2.30. The summed E-state index contributed by atoms with van der Waals surface area (Å²) in [5, 5.41) is -0.0191. The second-order valence-corrected chi connectivity index (χ2v) is 5.11. The van der Waals surface area contributed by atoms with Crippen LogP contribution in [0.4, 0.5) is 0 Å². The Morgan fingerprint density at radius 3 is 2.20 bits per heavy atom. The summed E-state index contributed by atoms with van der Waals surface area (Å²) in [7, 11) is 0. The van der Waals surface area contributed by atoms with E-state index in [2.05, 4.69) is 0 Å². The molecule has 20 heavy (non-hydrogen) atoms. The zero-order valence-corrected chi connectivity index (χ0v) is 12.4. The Bertz CT molecular complexity index is 575. The molecule has 0 aliphatic carbocycles. The van der Waals surface area contributed by atoms with E-state index in [4.69, 9.17) is 16.3 Å². The van der Waals surface area contributed by atoms with Crippen LogP contribution in [0.2, 0.25) is 0 Å². The smallest absolute Gasteiger partial charge is 0.273 e. The van der Waals surface area contributed by atoms with Crippen molar-refractivity contribution in [1.82, 2.24) is 4.90 Å². The first-order chi connectivity index (χ1) is 9.45. The van der Waals surface area contributed by atoms with Crippen LogP contribution in [0.15, 0.2) is 29.3 Å². The Kier molecular flexibility index (Phi) is 4.14. The second kappa shape index (κ2) is 5.67. The SMILES string of the molecule is CCN1C(=O)C(Cl)=C(c2ccc(OC(C)C)cc2)C1=O. The van der Waals surface area contributed by atoms with Gasteiger partial charge < -0.3 is 4.74 Å². The number of ether oxygens (including phenoxy) is 1. The first kappa shape index (κ1) is 14.6. The van der Waals surface area contributed by atoms with Gasteiger partial charge in [0.15, 0.2) is 0 Å². The van der Waals surface area contributed by atoms with Gasteiger partial charge in [-0.05, 0) is 38.5 Å². The minimum atomic E-state index is -0.434. The lowest BCUT2D eigenvalue weighted by atomic mass is 10.1. The molecule has 0 saturated heterocycles. The number of hydrogen-bond acceptors (Lipinski definition) is 3. The van der Waals surface area contributed by atoms with Crippen molar-refractivity contribution < 1.29 is 14.3 Å². The van der Waals surface area contributed by atoms with Crippen LogP contribution in [0, 0.1) is 0 Å². The maximum atomic E-state index is 12.2. The van der Waals surface area contributed by atoms with Crippen LogP contribution in [0.1, 0.15) is 26.3 Å². The lowest BCUT2D eigenvalue weighted by molar-refractivity contribution is -0.136. The fourth-order valence-electron chi connectivity index (χ4n) is 2.06. The van der Waals surface area contributed by atoms with Gasteiger partial charge in [-0.2, -0.15) is 0 Å². The molecule has 0 radical (unpaired) electrons. The van der Waals surface area contributed by atoms with Crippen molar-refractivity contribution in [2.75, 3.05) is 6.54 Å². The Hall–Kier alpha value is -1.81. The van der Waals surface area contributed by atoms with Crippen LogP contribution in [0.25, 0.3) is 5.57 Å². The average Bonchev–Trinajstić information content (AvgIpc) is 2.61. The molecular formula is C15H16ClNO3. The van der Waals surface area contributed by atoms with Crippen LogP contribution in [-0.4, -0.2) is 29.4 Å². The fourth-order valence-corrected chi connectivity index (χ4v) is 2.35. The molecule has 4 nitrogen and oxygen atoms in total. The highest BCUT2D eigenvalue weighted by Gasteiger charge is 2.36. The third-order valence-corrected chi connectivity index (χ3v) is 3.29. The molecule has 0 bridgehead atoms. The number of amides is 2. The van der Waals surface area contributed by atoms with Crippen molar-refractivity contribution >= 4 is 29.0 Å². The van der Waals surface area contributed by atoms with Gasteiger partial charge in [0.05, 0.1) is 11.7 Å². The van der Waals surface area contributed by atoms with Crippen molar-refractivity contribution in [3.63, 3.8) is 0 Å².